The van der Waals surface area contributed by atoms with E-state index in [1.807, 2.05) is 6.07 Å². The summed E-state index contributed by atoms with van der Waals surface area (Å²) in [6.45, 7) is 0. The van der Waals surface area contributed by atoms with Gasteiger partial charge in [-0.25, -0.2) is 0 Å². The van der Waals surface area contributed by atoms with Gasteiger partial charge in [-0.2, -0.15) is 5.26 Å². The predicted octanol–water partition coefficient (Wildman–Crippen LogP) is 1.79. The monoisotopic (exact) mass is 235 g/mol. The van der Waals surface area contributed by atoms with Gasteiger partial charge >= 0.3 is 5.97 Å². The number of aliphatic carboxylic acids is 1. The van der Waals surface area contributed by atoms with Crippen LogP contribution in [-0.2, 0) is 4.79 Å². The molecule has 0 spiro atoms. The zero-order valence-corrected chi connectivity index (χ0v) is 9.64. The minimum absolute atomic E-state index is 0.0786. The number of carboxylic acid groups (broad SMARTS) is 1. The first-order valence-corrected chi connectivity index (χ1v) is 4.95. The van der Waals surface area contributed by atoms with Crippen LogP contribution in [0.3, 0.4) is 0 Å². The zero-order valence-electron chi connectivity index (χ0n) is 9.64. The molecule has 1 atom stereocenters. The second kappa shape index (κ2) is 5.75. The highest BCUT2D eigenvalue weighted by Gasteiger charge is 2.21. The molecule has 0 aliphatic rings. The Morgan fingerprint density at radius 1 is 1.41 bits per heavy atom. The highest BCUT2D eigenvalue weighted by Crippen LogP contribution is 2.31. The van der Waals surface area contributed by atoms with E-state index in [0.717, 1.165) is 0 Å². The van der Waals surface area contributed by atoms with Gasteiger partial charge in [-0.1, -0.05) is 6.07 Å². The number of hydrogen-bond donors (Lipinski definition) is 1. The topological polar surface area (TPSA) is 79.5 Å². The van der Waals surface area contributed by atoms with Crippen LogP contribution in [-0.4, -0.2) is 25.3 Å². The molecular formula is C12H13NO4. The quantitative estimate of drug-likeness (QED) is 0.841. The average Bonchev–Trinajstić information content (AvgIpc) is 2.34. The van der Waals surface area contributed by atoms with Crippen LogP contribution in [0.25, 0.3) is 0 Å². The Labute approximate surface area is 99.2 Å². The molecule has 1 N–H and O–H groups in total. The third-order valence-electron chi connectivity index (χ3n) is 2.40. The summed E-state index contributed by atoms with van der Waals surface area (Å²) in [5, 5.41) is 17.6. The zero-order chi connectivity index (χ0) is 12.8. The number of rotatable bonds is 5. The molecule has 0 saturated heterocycles. The first-order valence-electron chi connectivity index (χ1n) is 4.95. The molecule has 90 valence electrons. The first kappa shape index (κ1) is 12.8. The number of benzene rings is 1. The normalized spacial score (nSPS) is 11.4. The van der Waals surface area contributed by atoms with Crippen molar-refractivity contribution in [3.63, 3.8) is 0 Å². The lowest BCUT2D eigenvalue weighted by Gasteiger charge is -2.12. The van der Waals surface area contributed by atoms with E-state index in [-0.39, 0.29) is 6.42 Å². The van der Waals surface area contributed by atoms with E-state index in [9.17, 15) is 4.79 Å². The summed E-state index contributed by atoms with van der Waals surface area (Å²) in [4.78, 5) is 11.0. The summed E-state index contributed by atoms with van der Waals surface area (Å²) in [7, 11) is 2.98. The van der Waals surface area contributed by atoms with Gasteiger partial charge in [-0.15, -0.1) is 0 Å². The number of ether oxygens (including phenoxy) is 2. The molecular weight excluding hydrogens is 222 g/mol. The molecule has 0 fully saturated rings. The maximum Gasteiger partial charge on any atom is 0.312 e. The van der Waals surface area contributed by atoms with Gasteiger partial charge in [0.15, 0.2) is 11.5 Å². The Morgan fingerprint density at radius 2 is 2.06 bits per heavy atom. The number of carbonyl (C=O) groups is 1. The summed E-state index contributed by atoms with van der Waals surface area (Å²) in [6, 6.07) is 6.69. The Balaban J connectivity index is 3.13. The smallest absolute Gasteiger partial charge is 0.312 e. The van der Waals surface area contributed by atoms with Crippen molar-refractivity contribution in [2.45, 2.75) is 12.3 Å². The number of nitriles is 1. The second-order valence-corrected chi connectivity index (χ2v) is 3.37. The van der Waals surface area contributed by atoms with Crippen molar-refractivity contribution in [3.8, 4) is 17.6 Å². The molecule has 1 aromatic carbocycles. The van der Waals surface area contributed by atoms with Gasteiger partial charge in [-0.3, -0.25) is 4.79 Å². The molecule has 5 heteroatoms. The second-order valence-electron chi connectivity index (χ2n) is 3.37. The van der Waals surface area contributed by atoms with Crippen molar-refractivity contribution in [1.29, 1.82) is 5.26 Å². The van der Waals surface area contributed by atoms with Gasteiger partial charge in [0.25, 0.3) is 0 Å². The highest BCUT2D eigenvalue weighted by atomic mass is 16.5. The lowest BCUT2D eigenvalue weighted by molar-refractivity contribution is -0.138. The van der Waals surface area contributed by atoms with Crippen LogP contribution in [0, 0.1) is 11.3 Å². The predicted molar refractivity (Wildman–Crippen MR) is 60.2 cm³/mol. The van der Waals surface area contributed by atoms with Crippen molar-refractivity contribution in [2.24, 2.45) is 0 Å². The molecule has 0 aliphatic heterocycles. The van der Waals surface area contributed by atoms with Crippen LogP contribution in [0.4, 0.5) is 0 Å². The molecule has 0 radical (unpaired) electrons. The fourth-order valence-corrected chi connectivity index (χ4v) is 1.51. The molecule has 17 heavy (non-hydrogen) atoms. The standard InChI is InChI=1S/C12H13NO4/c1-16-10-4-3-8(7-11(10)17-2)9(5-6-13)12(14)15/h3-4,7,9H,5H2,1-2H3,(H,14,15). The Morgan fingerprint density at radius 3 is 2.53 bits per heavy atom. The minimum atomic E-state index is -1.03. The Hall–Kier alpha value is -2.22. The average molecular weight is 235 g/mol. The SMILES string of the molecule is COc1ccc(C(CC#N)C(=O)O)cc1OC. The van der Waals surface area contributed by atoms with Crippen LogP contribution in [0.15, 0.2) is 18.2 Å². The van der Waals surface area contributed by atoms with E-state index in [2.05, 4.69) is 0 Å². The maximum atomic E-state index is 11.0. The van der Waals surface area contributed by atoms with Crippen LogP contribution >= 0.6 is 0 Å². The summed E-state index contributed by atoms with van der Waals surface area (Å²) in [6.07, 6.45) is -0.0786. The molecule has 1 rings (SSSR count). The van der Waals surface area contributed by atoms with E-state index in [1.54, 1.807) is 18.2 Å². The van der Waals surface area contributed by atoms with Gasteiger partial charge in [0.1, 0.15) is 0 Å². The molecule has 0 amide bonds. The van der Waals surface area contributed by atoms with Crippen molar-refractivity contribution in [3.05, 3.63) is 23.8 Å². The van der Waals surface area contributed by atoms with E-state index >= 15 is 0 Å². The van der Waals surface area contributed by atoms with Crippen molar-refractivity contribution in [1.82, 2.24) is 0 Å². The third-order valence-corrected chi connectivity index (χ3v) is 2.40. The van der Waals surface area contributed by atoms with E-state index in [1.165, 1.54) is 14.2 Å². The molecule has 0 saturated carbocycles. The van der Waals surface area contributed by atoms with Crippen LogP contribution in [0.2, 0.25) is 0 Å². The molecule has 0 aliphatic carbocycles. The Bertz CT molecular complexity index is 450. The summed E-state index contributed by atoms with van der Waals surface area (Å²) in [5.74, 6) is -0.898. The summed E-state index contributed by atoms with van der Waals surface area (Å²) >= 11 is 0. The van der Waals surface area contributed by atoms with E-state index in [4.69, 9.17) is 19.8 Å². The van der Waals surface area contributed by atoms with Crippen LogP contribution in [0.1, 0.15) is 17.9 Å². The highest BCUT2D eigenvalue weighted by molar-refractivity contribution is 5.76. The van der Waals surface area contributed by atoms with E-state index in [0.29, 0.717) is 17.1 Å². The molecule has 1 aromatic rings. The molecule has 5 nitrogen and oxygen atoms in total. The van der Waals surface area contributed by atoms with Gasteiger partial charge in [0.2, 0.25) is 0 Å². The van der Waals surface area contributed by atoms with Gasteiger partial charge in [-0.05, 0) is 17.7 Å². The number of methoxy groups -OCH3 is 2. The molecule has 0 heterocycles. The van der Waals surface area contributed by atoms with Crippen molar-refractivity contribution in [2.75, 3.05) is 14.2 Å². The maximum absolute atomic E-state index is 11.0. The summed E-state index contributed by atoms with van der Waals surface area (Å²) in [5.41, 5.74) is 0.525. The summed E-state index contributed by atoms with van der Waals surface area (Å²) < 4.78 is 10.1. The van der Waals surface area contributed by atoms with Crippen LogP contribution < -0.4 is 9.47 Å². The van der Waals surface area contributed by atoms with Crippen molar-refractivity contribution >= 4 is 5.97 Å². The van der Waals surface area contributed by atoms with Gasteiger partial charge in [0, 0.05) is 0 Å². The fourth-order valence-electron chi connectivity index (χ4n) is 1.51. The fraction of sp³-hybridized carbons (Fsp3) is 0.333. The molecule has 0 aromatic heterocycles. The number of nitrogens with zero attached hydrogens (tertiary/aromatic N) is 1. The van der Waals surface area contributed by atoms with Gasteiger partial charge in [0.05, 0.1) is 32.6 Å². The molecule has 0 bridgehead atoms. The first-order chi connectivity index (χ1) is 8.13. The molecule has 1 unspecified atom stereocenters. The number of carboxylic acids is 1. The van der Waals surface area contributed by atoms with Crippen LogP contribution in [0.5, 0.6) is 11.5 Å². The van der Waals surface area contributed by atoms with E-state index < -0.39 is 11.9 Å². The largest absolute Gasteiger partial charge is 0.493 e. The van der Waals surface area contributed by atoms with Gasteiger partial charge < -0.3 is 14.6 Å². The lowest BCUT2D eigenvalue weighted by Crippen LogP contribution is -2.11. The number of hydrogen-bond acceptors (Lipinski definition) is 4. The lowest BCUT2D eigenvalue weighted by atomic mass is 9.96. The Kier molecular flexibility index (Phi) is 4.35. The third kappa shape index (κ3) is 2.88. The van der Waals surface area contributed by atoms with Crippen molar-refractivity contribution < 1.29 is 19.4 Å². The minimum Gasteiger partial charge on any atom is -0.493 e.